The zero-order chi connectivity index (χ0) is 11.4. The Balaban J connectivity index is 2.02. The summed E-state index contributed by atoms with van der Waals surface area (Å²) in [6.45, 7) is 0. The number of hydrogen-bond acceptors (Lipinski definition) is 5. The third kappa shape index (κ3) is 2.46. The molecule has 0 aliphatic carbocycles. The monoisotopic (exact) mass is 238 g/mol. The number of carbonyl (C=O) groups excluding carboxylic acids is 1. The van der Waals surface area contributed by atoms with Crippen molar-refractivity contribution >= 4 is 18.0 Å². The lowest BCUT2D eigenvalue weighted by Crippen LogP contribution is -1.86. The molecule has 0 atom stereocenters. The molecule has 0 aliphatic rings. The number of hydrogen-bond donors (Lipinski definition) is 0. The molecule has 2 rings (SSSR count). The molecule has 2 aromatic rings. The third-order valence-electron chi connectivity index (χ3n) is 1.78. The number of nitrogens with zero attached hydrogens (tertiary/aromatic N) is 2. The molecule has 1 aromatic carbocycles. The molecule has 6 heteroatoms. The van der Waals surface area contributed by atoms with Gasteiger partial charge in [0.25, 0.3) is 5.89 Å². The van der Waals surface area contributed by atoms with Crippen LogP contribution >= 0.6 is 11.8 Å². The van der Waals surface area contributed by atoms with Crippen molar-refractivity contribution in [1.82, 2.24) is 10.1 Å². The SMILES string of the molecule is O=Cc1nc(CSc2ccccc2F)no1. The molecule has 0 amide bonds. The minimum atomic E-state index is -0.286. The van der Waals surface area contributed by atoms with Crippen molar-refractivity contribution in [2.75, 3.05) is 0 Å². The van der Waals surface area contributed by atoms with Gasteiger partial charge in [0.15, 0.2) is 5.82 Å². The first-order chi connectivity index (χ1) is 7.79. The second-order valence-corrected chi connectivity index (χ2v) is 3.90. The van der Waals surface area contributed by atoms with Crippen molar-refractivity contribution in [2.45, 2.75) is 10.6 Å². The standard InChI is InChI=1S/C10H7FN2O2S/c11-7-3-1-2-4-8(7)16-6-9-12-10(5-14)15-13-9/h1-5H,6H2. The molecule has 0 radical (unpaired) electrons. The summed E-state index contributed by atoms with van der Waals surface area (Å²) < 4.78 is 17.8. The molecule has 4 nitrogen and oxygen atoms in total. The van der Waals surface area contributed by atoms with Crippen molar-refractivity contribution in [3.8, 4) is 0 Å². The molecule has 0 spiro atoms. The van der Waals surface area contributed by atoms with Gasteiger partial charge in [0, 0.05) is 4.90 Å². The van der Waals surface area contributed by atoms with Gasteiger partial charge in [-0.25, -0.2) is 4.39 Å². The second kappa shape index (κ2) is 4.89. The normalized spacial score (nSPS) is 10.3. The Bertz CT molecular complexity index is 501. The van der Waals surface area contributed by atoms with E-state index in [0.717, 1.165) is 0 Å². The van der Waals surface area contributed by atoms with Crippen LogP contribution in [-0.2, 0) is 5.75 Å². The van der Waals surface area contributed by atoms with Crippen molar-refractivity contribution in [1.29, 1.82) is 0 Å². The van der Waals surface area contributed by atoms with Crippen molar-refractivity contribution in [3.05, 3.63) is 41.8 Å². The Morgan fingerprint density at radius 1 is 1.44 bits per heavy atom. The van der Waals surface area contributed by atoms with Crippen LogP contribution in [0, 0.1) is 5.82 Å². The molecule has 1 heterocycles. The molecule has 0 N–H and O–H groups in total. The summed E-state index contributed by atoms with van der Waals surface area (Å²) in [7, 11) is 0. The molecule has 0 saturated carbocycles. The molecular weight excluding hydrogens is 231 g/mol. The second-order valence-electron chi connectivity index (χ2n) is 2.89. The van der Waals surface area contributed by atoms with Crippen LogP contribution < -0.4 is 0 Å². The summed E-state index contributed by atoms with van der Waals surface area (Å²) in [6.07, 6.45) is 0.476. The Labute approximate surface area is 94.9 Å². The average molecular weight is 238 g/mol. The lowest BCUT2D eigenvalue weighted by Gasteiger charge is -1.98. The fraction of sp³-hybridized carbons (Fsp3) is 0.100. The van der Waals surface area contributed by atoms with E-state index in [4.69, 9.17) is 0 Å². The number of halogens is 1. The van der Waals surface area contributed by atoms with Gasteiger partial charge in [-0.3, -0.25) is 4.79 Å². The summed E-state index contributed by atoms with van der Waals surface area (Å²) in [5.41, 5.74) is 0. The highest BCUT2D eigenvalue weighted by molar-refractivity contribution is 7.98. The molecule has 0 fully saturated rings. The quantitative estimate of drug-likeness (QED) is 0.604. The van der Waals surface area contributed by atoms with Crippen molar-refractivity contribution < 1.29 is 13.7 Å². The highest BCUT2D eigenvalue weighted by atomic mass is 32.2. The molecule has 0 bridgehead atoms. The van der Waals surface area contributed by atoms with Gasteiger partial charge in [-0.05, 0) is 12.1 Å². The Kier molecular flexibility index (Phi) is 3.31. The number of thioether (sulfide) groups is 1. The first-order valence-electron chi connectivity index (χ1n) is 4.44. The van der Waals surface area contributed by atoms with E-state index >= 15 is 0 Å². The molecule has 1 aromatic heterocycles. The van der Waals surface area contributed by atoms with Crippen LogP contribution in [0.25, 0.3) is 0 Å². The minimum absolute atomic E-state index is 0.0656. The van der Waals surface area contributed by atoms with Gasteiger partial charge in [0.05, 0.1) is 5.75 Å². The van der Waals surface area contributed by atoms with Crippen LogP contribution in [0.2, 0.25) is 0 Å². The first kappa shape index (κ1) is 10.8. The smallest absolute Gasteiger partial charge is 0.290 e. The molecule has 16 heavy (non-hydrogen) atoms. The van der Waals surface area contributed by atoms with Gasteiger partial charge in [0.1, 0.15) is 5.82 Å². The topological polar surface area (TPSA) is 56.0 Å². The lowest BCUT2D eigenvalue weighted by molar-refractivity contribution is 0.108. The Morgan fingerprint density at radius 2 is 2.25 bits per heavy atom. The van der Waals surface area contributed by atoms with E-state index < -0.39 is 0 Å². The summed E-state index contributed by atoms with van der Waals surface area (Å²) in [6, 6.07) is 6.42. The van der Waals surface area contributed by atoms with E-state index in [2.05, 4.69) is 14.7 Å². The van der Waals surface area contributed by atoms with Gasteiger partial charge < -0.3 is 4.52 Å². The number of aromatic nitrogens is 2. The van der Waals surface area contributed by atoms with Gasteiger partial charge >= 0.3 is 0 Å². The predicted molar refractivity (Wildman–Crippen MR) is 55.6 cm³/mol. The van der Waals surface area contributed by atoms with E-state index in [1.165, 1.54) is 17.8 Å². The van der Waals surface area contributed by atoms with Crippen LogP contribution in [0.3, 0.4) is 0 Å². The summed E-state index contributed by atoms with van der Waals surface area (Å²) in [4.78, 5) is 14.6. The van der Waals surface area contributed by atoms with Crippen molar-refractivity contribution in [2.24, 2.45) is 0 Å². The number of rotatable bonds is 4. The van der Waals surface area contributed by atoms with Crippen molar-refractivity contribution in [3.63, 3.8) is 0 Å². The van der Waals surface area contributed by atoms with E-state index in [9.17, 15) is 9.18 Å². The molecule has 0 unspecified atom stereocenters. The fourth-order valence-electron chi connectivity index (χ4n) is 1.08. The predicted octanol–water partition coefficient (Wildman–Crippen LogP) is 2.31. The highest BCUT2D eigenvalue weighted by Crippen LogP contribution is 2.23. The maximum atomic E-state index is 13.2. The maximum Gasteiger partial charge on any atom is 0.290 e. The molecule has 0 aliphatic heterocycles. The van der Waals surface area contributed by atoms with Crippen LogP contribution in [-0.4, -0.2) is 16.4 Å². The number of carbonyl (C=O) groups is 1. The maximum absolute atomic E-state index is 13.2. The van der Waals surface area contributed by atoms with E-state index in [1.54, 1.807) is 18.2 Å². The van der Waals surface area contributed by atoms with E-state index in [0.29, 0.717) is 22.8 Å². The zero-order valence-electron chi connectivity index (χ0n) is 8.09. The fourth-order valence-corrected chi connectivity index (χ4v) is 1.86. The van der Waals surface area contributed by atoms with Crippen LogP contribution in [0.5, 0.6) is 0 Å². The zero-order valence-corrected chi connectivity index (χ0v) is 8.91. The van der Waals surface area contributed by atoms with Gasteiger partial charge in [0.2, 0.25) is 6.29 Å². The summed E-state index contributed by atoms with van der Waals surface area (Å²) in [5, 5.41) is 3.57. The molecule has 82 valence electrons. The van der Waals surface area contributed by atoms with Crippen LogP contribution in [0.15, 0.2) is 33.7 Å². The molecule has 0 saturated heterocycles. The summed E-state index contributed by atoms with van der Waals surface area (Å²) in [5.74, 6) is 0.379. The van der Waals surface area contributed by atoms with Crippen LogP contribution in [0.4, 0.5) is 4.39 Å². The first-order valence-corrected chi connectivity index (χ1v) is 5.43. The largest absolute Gasteiger partial charge is 0.331 e. The average Bonchev–Trinajstić information content (AvgIpc) is 2.76. The number of aldehydes is 1. The Morgan fingerprint density at radius 3 is 2.94 bits per heavy atom. The third-order valence-corrected chi connectivity index (χ3v) is 2.82. The highest BCUT2D eigenvalue weighted by Gasteiger charge is 2.07. The minimum Gasteiger partial charge on any atom is -0.331 e. The van der Waals surface area contributed by atoms with E-state index in [-0.39, 0.29) is 11.7 Å². The lowest BCUT2D eigenvalue weighted by atomic mass is 10.3. The Hall–Kier alpha value is -1.69. The summed E-state index contributed by atoms with van der Waals surface area (Å²) >= 11 is 1.25. The number of benzene rings is 1. The van der Waals surface area contributed by atoms with Crippen LogP contribution in [0.1, 0.15) is 16.5 Å². The van der Waals surface area contributed by atoms with Gasteiger partial charge in [-0.15, -0.1) is 11.8 Å². The van der Waals surface area contributed by atoms with Gasteiger partial charge in [-0.1, -0.05) is 17.3 Å². The molecular formula is C10H7FN2O2S. The van der Waals surface area contributed by atoms with E-state index in [1.807, 2.05) is 0 Å². The van der Waals surface area contributed by atoms with Gasteiger partial charge in [-0.2, -0.15) is 4.98 Å².